The summed E-state index contributed by atoms with van der Waals surface area (Å²) in [4.78, 5) is 2.50. The molecule has 0 aliphatic heterocycles. The van der Waals surface area contributed by atoms with Crippen molar-refractivity contribution < 1.29 is 0 Å². The summed E-state index contributed by atoms with van der Waals surface area (Å²) in [5.41, 5.74) is 7.35. The van der Waals surface area contributed by atoms with E-state index in [1.807, 2.05) is 0 Å². The Balaban J connectivity index is 2.36. The fourth-order valence-corrected chi connectivity index (χ4v) is 3.94. The molecule has 1 nitrogen and oxygen atoms in total. The molecule has 2 aromatic heterocycles. The van der Waals surface area contributed by atoms with Crippen LogP contribution in [0.4, 0.5) is 0 Å². The monoisotopic (exact) mass is 287 g/mol. The number of rotatable bonds is 2. The van der Waals surface area contributed by atoms with E-state index in [-0.39, 0.29) is 6.04 Å². The normalized spacial score (nSPS) is 13.1. The molecule has 0 aliphatic carbocycles. The second kappa shape index (κ2) is 4.14. The predicted octanol–water partition coefficient (Wildman–Crippen LogP) is 3.93. The lowest BCUT2D eigenvalue weighted by Gasteiger charge is -2.07. The first-order chi connectivity index (χ1) is 6.68. The van der Waals surface area contributed by atoms with Gasteiger partial charge in [0.2, 0.25) is 0 Å². The van der Waals surface area contributed by atoms with Crippen LogP contribution >= 0.6 is 38.6 Å². The second-order valence-corrected chi connectivity index (χ2v) is 6.03. The van der Waals surface area contributed by atoms with Crippen LogP contribution in [0.2, 0.25) is 0 Å². The summed E-state index contributed by atoms with van der Waals surface area (Å²) < 4.78 is 1.12. The molecule has 1 atom stereocenters. The van der Waals surface area contributed by atoms with Gasteiger partial charge in [-0.2, -0.15) is 11.3 Å². The molecule has 4 heteroatoms. The van der Waals surface area contributed by atoms with Gasteiger partial charge in [0, 0.05) is 14.2 Å². The quantitative estimate of drug-likeness (QED) is 0.890. The third-order valence-electron chi connectivity index (χ3n) is 2.02. The van der Waals surface area contributed by atoms with E-state index < -0.39 is 0 Å². The minimum Gasteiger partial charge on any atom is -0.320 e. The van der Waals surface area contributed by atoms with Crippen molar-refractivity contribution in [2.75, 3.05) is 0 Å². The summed E-state index contributed by atoms with van der Waals surface area (Å²) >= 11 is 6.98. The topological polar surface area (TPSA) is 26.0 Å². The van der Waals surface area contributed by atoms with Gasteiger partial charge in [0.25, 0.3) is 0 Å². The van der Waals surface area contributed by atoms with Crippen LogP contribution in [-0.4, -0.2) is 0 Å². The summed E-state index contributed by atoms with van der Waals surface area (Å²) in [6, 6.07) is 4.21. The molecule has 0 bridgehead atoms. The number of aryl methyl sites for hydroxylation is 1. The van der Waals surface area contributed by atoms with E-state index >= 15 is 0 Å². The lowest BCUT2D eigenvalue weighted by Crippen LogP contribution is -2.09. The first-order valence-electron chi connectivity index (χ1n) is 4.22. The zero-order valence-electron chi connectivity index (χ0n) is 7.66. The second-order valence-electron chi connectivity index (χ2n) is 3.10. The maximum Gasteiger partial charge on any atom is 0.0665 e. The van der Waals surface area contributed by atoms with Gasteiger partial charge in [0.05, 0.1) is 6.04 Å². The van der Waals surface area contributed by atoms with Gasteiger partial charge in [-0.1, -0.05) is 0 Å². The number of hydrogen-bond donors (Lipinski definition) is 1. The van der Waals surface area contributed by atoms with Crippen molar-refractivity contribution in [3.8, 4) is 0 Å². The zero-order chi connectivity index (χ0) is 10.1. The standard InChI is InChI=1S/C10H10BrNS2/c1-6-4-8(11)10(14-6)9(12)7-2-3-13-5-7/h2-5,9H,12H2,1H3. The Morgan fingerprint density at radius 3 is 2.79 bits per heavy atom. The molecule has 74 valence electrons. The summed E-state index contributed by atoms with van der Waals surface area (Å²) in [5, 5.41) is 4.16. The summed E-state index contributed by atoms with van der Waals surface area (Å²) in [7, 11) is 0. The third kappa shape index (κ3) is 1.93. The fraction of sp³-hybridized carbons (Fsp3) is 0.200. The molecule has 2 N–H and O–H groups in total. The Kier molecular flexibility index (Phi) is 3.07. The first-order valence-corrected chi connectivity index (χ1v) is 6.77. The van der Waals surface area contributed by atoms with Crippen LogP contribution in [0.1, 0.15) is 21.4 Å². The zero-order valence-corrected chi connectivity index (χ0v) is 10.9. The van der Waals surface area contributed by atoms with E-state index in [4.69, 9.17) is 5.73 Å². The molecule has 0 saturated carbocycles. The lowest BCUT2D eigenvalue weighted by atomic mass is 10.1. The van der Waals surface area contributed by atoms with E-state index in [0.717, 1.165) is 4.47 Å². The van der Waals surface area contributed by atoms with Gasteiger partial charge < -0.3 is 5.73 Å². The largest absolute Gasteiger partial charge is 0.320 e. The minimum absolute atomic E-state index is 0.00863. The number of thiophene rings is 2. The Morgan fingerprint density at radius 2 is 2.29 bits per heavy atom. The van der Waals surface area contributed by atoms with Crippen LogP contribution in [0.5, 0.6) is 0 Å². The van der Waals surface area contributed by atoms with Crippen LogP contribution in [0, 0.1) is 6.92 Å². The van der Waals surface area contributed by atoms with Crippen LogP contribution in [0.25, 0.3) is 0 Å². The van der Waals surface area contributed by atoms with E-state index in [1.54, 1.807) is 22.7 Å². The van der Waals surface area contributed by atoms with Gasteiger partial charge in [-0.15, -0.1) is 11.3 Å². The highest BCUT2D eigenvalue weighted by Gasteiger charge is 2.14. The van der Waals surface area contributed by atoms with E-state index in [1.165, 1.54) is 15.3 Å². The van der Waals surface area contributed by atoms with Crippen LogP contribution in [-0.2, 0) is 0 Å². The van der Waals surface area contributed by atoms with E-state index in [0.29, 0.717) is 0 Å². The number of halogens is 1. The molecule has 0 aliphatic rings. The molecule has 0 fully saturated rings. The smallest absolute Gasteiger partial charge is 0.0665 e. The first kappa shape index (κ1) is 10.4. The Bertz CT molecular complexity index is 419. The van der Waals surface area contributed by atoms with E-state index in [9.17, 15) is 0 Å². The molecular weight excluding hydrogens is 278 g/mol. The third-order valence-corrected chi connectivity index (χ3v) is 4.77. The number of hydrogen-bond acceptors (Lipinski definition) is 3. The van der Waals surface area contributed by atoms with Crippen molar-refractivity contribution in [3.05, 3.63) is 42.7 Å². The molecule has 0 aromatic carbocycles. The molecular formula is C10H10BrNS2. The van der Waals surface area contributed by atoms with Crippen molar-refractivity contribution >= 4 is 38.6 Å². The van der Waals surface area contributed by atoms with Crippen molar-refractivity contribution in [1.29, 1.82) is 0 Å². The highest BCUT2D eigenvalue weighted by atomic mass is 79.9. The van der Waals surface area contributed by atoms with Crippen LogP contribution in [0.3, 0.4) is 0 Å². The van der Waals surface area contributed by atoms with Gasteiger partial charge in [0.15, 0.2) is 0 Å². The van der Waals surface area contributed by atoms with Crippen LogP contribution in [0.15, 0.2) is 27.4 Å². The van der Waals surface area contributed by atoms with Gasteiger partial charge in [0.1, 0.15) is 0 Å². The summed E-state index contributed by atoms with van der Waals surface area (Å²) in [6.07, 6.45) is 0. The average Bonchev–Trinajstić information content (AvgIpc) is 2.73. The maximum atomic E-state index is 6.16. The van der Waals surface area contributed by atoms with Gasteiger partial charge in [-0.25, -0.2) is 0 Å². The van der Waals surface area contributed by atoms with Crippen molar-refractivity contribution in [3.63, 3.8) is 0 Å². The fourth-order valence-electron chi connectivity index (χ4n) is 1.32. The van der Waals surface area contributed by atoms with Gasteiger partial charge >= 0.3 is 0 Å². The molecule has 0 spiro atoms. The molecule has 1 unspecified atom stereocenters. The van der Waals surface area contributed by atoms with Crippen molar-refractivity contribution in [1.82, 2.24) is 0 Å². The molecule has 2 aromatic rings. The molecule has 0 radical (unpaired) electrons. The Hall–Kier alpha value is -0.160. The van der Waals surface area contributed by atoms with E-state index in [2.05, 4.69) is 45.7 Å². The lowest BCUT2D eigenvalue weighted by molar-refractivity contribution is 0.895. The highest BCUT2D eigenvalue weighted by molar-refractivity contribution is 9.10. The van der Waals surface area contributed by atoms with Crippen molar-refractivity contribution in [2.45, 2.75) is 13.0 Å². The molecule has 2 heterocycles. The van der Waals surface area contributed by atoms with Crippen LogP contribution < -0.4 is 5.73 Å². The highest BCUT2D eigenvalue weighted by Crippen LogP contribution is 2.34. The van der Waals surface area contributed by atoms with Gasteiger partial charge in [-0.3, -0.25) is 0 Å². The molecule has 14 heavy (non-hydrogen) atoms. The summed E-state index contributed by atoms with van der Waals surface area (Å²) in [6.45, 7) is 2.10. The predicted molar refractivity (Wildman–Crippen MR) is 67.1 cm³/mol. The minimum atomic E-state index is 0.00863. The molecule has 2 rings (SSSR count). The molecule has 0 saturated heterocycles. The average molecular weight is 288 g/mol. The van der Waals surface area contributed by atoms with Gasteiger partial charge in [-0.05, 0) is 51.3 Å². The number of nitrogens with two attached hydrogens (primary N) is 1. The SMILES string of the molecule is Cc1cc(Br)c(C(N)c2ccsc2)s1. The Labute approximate surface area is 99.7 Å². The Morgan fingerprint density at radius 1 is 1.50 bits per heavy atom. The van der Waals surface area contributed by atoms with Crippen molar-refractivity contribution in [2.24, 2.45) is 5.73 Å². The maximum absolute atomic E-state index is 6.16. The molecule has 0 amide bonds. The summed E-state index contributed by atoms with van der Waals surface area (Å²) in [5.74, 6) is 0.